The number of carbonyl (C=O) groups is 1. The molecule has 5 heteroatoms. The Labute approximate surface area is 121 Å². The fourth-order valence-electron chi connectivity index (χ4n) is 1.48. The summed E-state index contributed by atoms with van der Waals surface area (Å²) in [5.41, 5.74) is 3.40. The minimum Gasteiger partial charge on any atom is -0.326 e. The molecule has 3 N–H and O–H groups in total. The molecule has 0 saturated heterocycles. The average molecular weight is 286 g/mol. The molecule has 0 radical (unpaired) electrons. The zero-order valence-corrected chi connectivity index (χ0v) is 11.4. The van der Waals surface area contributed by atoms with Crippen LogP contribution >= 0.6 is 11.9 Å². The van der Waals surface area contributed by atoms with E-state index in [0.29, 0.717) is 0 Å². The molecule has 0 atom stereocenters. The van der Waals surface area contributed by atoms with Gasteiger partial charge in [-0.2, -0.15) is 0 Å². The molecule has 1 amide bonds. The van der Waals surface area contributed by atoms with Crippen LogP contribution in [-0.2, 0) is 4.79 Å². The van der Waals surface area contributed by atoms with E-state index in [-0.39, 0.29) is 0 Å². The Kier molecular flexibility index (Phi) is 5.23. The number of carbonyl (C=O) groups excluding carboxylic acids is 1. The standard InChI is InChI=1S/C15H14N2O2S/c18-15(16-19)11-8-12-6-9-13(10-7-12)17-20-14-4-2-1-3-5-14/h1-11,17,19H,(H,16,18). The van der Waals surface area contributed by atoms with Crippen molar-refractivity contribution in [2.24, 2.45) is 0 Å². The van der Waals surface area contributed by atoms with Crippen molar-refractivity contribution >= 4 is 29.6 Å². The van der Waals surface area contributed by atoms with Gasteiger partial charge >= 0.3 is 0 Å². The van der Waals surface area contributed by atoms with Crippen LogP contribution in [0.1, 0.15) is 5.56 Å². The molecule has 2 aromatic rings. The first-order valence-electron chi connectivity index (χ1n) is 5.98. The lowest BCUT2D eigenvalue weighted by Crippen LogP contribution is -2.14. The number of hydroxylamine groups is 1. The molecule has 4 nitrogen and oxygen atoms in total. The minimum atomic E-state index is -0.549. The fourth-order valence-corrected chi connectivity index (χ4v) is 2.14. The van der Waals surface area contributed by atoms with E-state index < -0.39 is 5.91 Å². The van der Waals surface area contributed by atoms with Crippen LogP contribution < -0.4 is 10.2 Å². The SMILES string of the molecule is O=C(C=Cc1ccc(NSc2ccccc2)cc1)NO. The molecule has 0 aliphatic heterocycles. The molecular formula is C15H14N2O2S. The highest BCUT2D eigenvalue weighted by molar-refractivity contribution is 8.00. The number of hydrogen-bond acceptors (Lipinski definition) is 4. The third-order valence-electron chi connectivity index (χ3n) is 2.48. The van der Waals surface area contributed by atoms with Crippen molar-refractivity contribution in [1.82, 2.24) is 5.48 Å². The van der Waals surface area contributed by atoms with Crippen LogP contribution in [0, 0.1) is 0 Å². The van der Waals surface area contributed by atoms with Crippen LogP contribution in [0.3, 0.4) is 0 Å². The number of amides is 1. The third kappa shape index (κ3) is 4.46. The zero-order valence-electron chi connectivity index (χ0n) is 10.6. The summed E-state index contributed by atoms with van der Waals surface area (Å²) >= 11 is 1.54. The number of hydrogen-bond donors (Lipinski definition) is 3. The van der Waals surface area contributed by atoms with Crippen molar-refractivity contribution in [3.63, 3.8) is 0 Å². The Morgan fingerprint density at radius 2 is 1.75 bits per heavy atom. The summed E-state index contributed by atoms with van der Waals surface area (Å²) in [4.78, 5) is 12.0. The normalized spacial score (nSPS) is 10.4. The molecule has 0 aliphatic rings. The van der Waals surface area contributed by atoms with Crippen LogP contribution in [0.4, 0.5) is 5.69 Å². The van der Waals surface area contributed by atoms with Gasteiger partial charge in [0.2, 0.25) is 0 Å². The quantitative estimate of drug-likeness (QED) is 0.341. The molecule has 0 fully saturated rings. The van der Waals surface area contributed by atoms with E-state index in [1.54, 1.807) is 11.6 Å². The number of rotatable bonds is 5. The second kappa shape index (κ2) is 7.37. The van der Waals surface area contributed by atoms with E-state index in [2.05, 4.69) is 4.72 Å². The van der Waals surface area contributed by atoms with Crippen LogP contribution in [0.5, 0.6) is 0 Å². The number of anilines is 1. The van der Waals surface area contributed by atoms with Crippen LogP contribution in [-0.4, -0.2) is 11.1 Å². The van der Waals surface area contributed by atoms with Crippen molar-refractivity contribution in [3.8, 4) is 0 Å². The molecular weight excluding hydrogens is 272 g/mol. The molecule has 0 spiro atoms. The molecule has 0 unspecified atom stereocenters. The first-order valence-corrected chi connectivity index (χ1v) is 6.80. The van der Waals surface area contributed by atoms with Crippen LogP contribution in [0.2, 0.25) is 0 Å². The summed E-state index contributed by atoms with van der Waals surface area (Å²) in [6.45, 7) is 0. The highest BCUT2D eigenvalue weighted by Gasteiger charge is 1.95. The Morgan fingerprint density at radius 1 is 1.05 bits per heavy atom. The lowest BCUT2D eigenvalue weighted by molar-refractivity contribution is -0.124. The molecule has 20 heavy (non-hydrogen) atoms. The summed E-state index contributed by atoms with van der Waals surface area (Å²) in [5.74, 6) is -0.549. The highest BCUT2D eigenvalue weighted by Crippen LogP contribution is 2.21. The summed E-state index contributed by atoms with van der Waals surface area (Å²) < 4.78 is 3.24. The van der Waals surface area contributed by atoms with E-state index >= 15 is 0 Å². The van der Waals surface area contributed by atoms with E-state index in [0.717, 1.165) is 16.1 Å². The lowest BCUT2D eigenvalue weighted by atomic mass is 10.2. The second-order valence-corrected chi connectivity index (χ2v) is 4.83. The average Bonchev–Trinajstić information content (AvgIpc) is 2.52. The fraction of sp³-hybridized carbons (Fsp3) is 0. The summed E-state index contributed by atoms with van der Waals surface area (Å²) in [5, 5.41) is 8.37. The minimum absolute atomic E-state index is 0.549. The van der Waals surface area contributed by atoms with Gasteiger partial charge in [-0.1, -0.05) is 30.3 Å². The Balaban J connectivity index is 1.91. The summed E-state index contributed by atoms with van der Waals surface area (Å²) in [6.07, 6.45) is 2.89. The predicted octanol–water partition coefficient (Wildman–Crippen LogP) is 3.32. The Bertz CT molecular complexity index is 583. The van der Waals surface area contributed by atoms with Crippen LogP contribution in [0.15, 0.2) is 65.6 Å². The maximum absolute atomic E-state index is 10.8. The third-order valence-corrected chi connectivity index (χ3v) is 3.32. The summed E-state index contributed by atoms with van der Waals surface area (Å²) in [7, 11) is 0. The molecule has 0 heterocycles. The predicted molar refractivity (Wildman–Crippen MR) is 81.3 cm³/mol. The van der Waals surface area contributed by atoms with Crippen molar-refractivity contribution in [1.29, 1.82) is 0 Å². The van der Waals surface area contributed by atoms with Gasteiger partial charge in [0.25, 0.3) is 5.91 Å². The smallest absolute Gasteiger partial charge is 0.267 e. The van der Waals surface area contributed by atoms with Crippen molar-refractivity contribution in [2.75, 3.05) is 4.72 Å². The van der Waals surface area contributed by atoms with E-state index in [4.69, 9.17) is 5.21 Å². The molecule has 0 aliphatic carbocycles. The van der Waals surface area contributed by atoms with Crippen LogP contribution in [0.25, 0.3) is 6.08 Å². The van der Waals surface area contributed by atoms with Crippen molar-refractivity contribution in [2.45, 2.75) is 4.90 Å². The molecule has 0 aromatic heterocycles. The van der Waals surface area contributed by atoms with Gasteiger partial charge < -0.3 is 4.72 Å². The zero-order chi connectivity index (χ0) is 14.2. The van der Waals surface area contributed by atoms with Gasteiger partial charge in [-0.25, -0.2) is 5.48 Å². The largest absolute Gasteiger partial charge is 0.326 e. The number of nitrogens with one attached hydrogen (secondary N) is 2. The lowest BCUT2D eigenvalue weighted by Gasteiger charge is -2.05. The van der Waals surface area contributed by atoms with Gasteiger partial charge in [0.15, 0.2) is 0 Å². The van der Waals surface area contributed by atoms with E-state index in [1.165, 1.54) is 18.0 Å². The molecule has 0 saturated carbocycles. The maximum Gasteiger partial charge on any atom is 0.267 e. The van der Waals surface area contributed by atoms with Gasteiger partial charge in [-0.3, -0.25) is 10.0 Å². The topological polar surface area (TPSA) is 61.4 Å². The van der Waals surface area contributed by atoms with Gasteiger partial charge in [-0.15, -0.1) is 0 Å². The molecule has 2 aromatic carbocycles. The molecule has 0 bridgehead atoms. The molecule has 2 rings (SSSR count). The number of benzene rings is 2. The van der Waals surface area contributed by atoms with E-state index in [9.17, 15) is 4.79 Å². The van der Waals surface area contributed by atoms with Crippen molar-refractivity contribution < 1.29 is 10.0 Å². The first kappa shape index (κ1) is 14.2. The maximum atomic E-state index is 10.8. The van der Waals surface area contributed by atoms with Gasteiger partial charge in [0.05, 0.1) is 0 Å². The van der Waals surface area contributed by atoms with Gasteiger partial charge in [0.1, 0.15) is 0 Å². The Hall–Kier alpha value is -2.24. The van der Waals surface area contributed by atoms with Gasteiger partial charge in [0, 0.05) is 16.7 Å². The van der Waals surface area contributed by atoms with Gasteiger partial charge in [-0.05, 0) is 47.9 Å². The van der Waals surface area contributed by atoms with Crippen molar-refractivity contribution in [3.05, 3.63) is 66.2 Å². The highest BCUT2D eigenvalue weighted by atomic mass is 32.2. The second-order valence-electron chi connectivity index (χ2n) is 3.95. The molecule has 102 valence electrons. The summed E-state index contributed by atoms with van der Waals surface area (Å²) in [6, 6.07) is 17.6. The first-order chi connectivity index (χ1) is 9.78. The Morgan fingerprint density at radius 3 is 2.40 bits per heavy atom. The monoisotopic (exact) mass is 286 g/mol. The van der Waals surface area contributed by atoms with E-state index in [1.807, 2.05) is 54.6 Å².